The first-order chi connectivity index (χ1) is 8.72. The smallest absolute Gasteiger partial charge is 0.257 e. The molecule has 0 aromatic carbocycles. The Balaban J connectivity index is 0.00000180. The van der Waals surface area contributed by atoms with Gasteiger partial charge in [0.25, 0.3) is 5.89 Å². The lowest BCUT2D eigenvalue weighted by Gasteiger charge is -2.29. The van der Waals surface area contributed by atoms with Gasteiger partial charge in [0.05, 0.1) is 6.61 Å². The third-order valence-corrected chi connectivity index (χ3v) is 3.34. The standard InChI is InChI=1S/C12H22N4O2.ClH/c1-4-16-5-6-17-10(8-16)12-14-11(15-18-12)7-9(2)13-3;/h9-10,13H,4-8H2,1-3H3;1H. The van der Waals surface area contributed by atoms with Crippen LogP contribution < -0.4 is 5.32 Å². The highest BCUT2D eigenvalue weighted by Gasteiger charge is 2.26. The monoisotopic (exact) mass is 290 g/mol. The van der Waals surface area contributed by atoms with Crippen molar-refractivity contribution in [2.45, 2.75) is 32.4 Å². The number of halogens is 1. The summed E-state index contributed by atoms with van der Waals surface area (Å²) in [7, 11) is 1.93. The van der Waals surface area contributed by atoms with Gasteiger partial charge in [-0.05, 0) is 20.5 Å². The van der Waals surface area contributed by atoms with Gasteiger partial charge in [-0.3, -0.25) is 4.90 Å². The maximum atomic E-state index is 5.69. The molecule has 2 unspecified atom stereocenters. The highest BCUT2D eigenvalue weighted by atomic mass is 35.5. The molecule has 0 spiro atoms. The normalized spacial score (nSPS) is 21.9. The van der Waals surface area contributed by atoms with Gasteiger partial charge in [0.2, 0.25) is 0 Å². The van der Waals surface area contributed by atoms with Gasteiger partial charge in [-0.1, -0.05) is 12.1 Å². The van der Waals surface area contributed by atoms with E-state index in [9.17, 15) is 0 Å². The average Bonchev–Trinajstić information content (AvgIpc) is 2.87. The Kier molecular flexibility index (Phi) is 6.71. The van der Waals surface area contributed by atoms with Crippen LogP contribution in [0.5, 0.6) is 0 Å². The van der Waals surface area contributed by atoms with Crippen molar-refractivity contribution in [3.05, 3.63) is 11.7 Å². The number of ether oxygens (including phenoxy) is 1. The van der Waals surface area contributed by atoms with Gasteiger partial charge < -0.3 is 14.6 Å². The van der Waals surface area contributed by atoms with Crippen LogP contribution in [0.2, 0.25) is 0 Å². The molecule has 110 valence electrons. The first-order valence-corrected chi connectivity index (χ1v) is 6.56. The first-order valence-electron chi connectivity index (χ1n) is 6.56. The van der Waals surface area contributed by atoms with Gasteiger partial charge in [0, 0.05) is 25.6 Å². The van der Waals surface area contributed by atoms with E-state index < -0.39 is 0 Å². The molecular weight excluding hydrogens is 268 g/mol. The van der Waals surface area contributed by atoms with E-state index in [1.165, 1.54) is 0 Å². The molecule has 1 aromatic heterocycles. The van der Waals surface area contributed by atoms with Gasteiger partial charge in [-0.15, -0.1) is 12.4 Å². The zero-order valence-corrected chi connectivity index (χ0v) is 12.6. The molecule has 0 saturated carbocycles. The Morgan fingerprint density at radius 1 is 1.53 bits per heavy atom. The summed E-state index contributed by atoms with van der Waals surface area (Å²) >= 11 is 0. The first kappa shape index (κ1) is 16.4. The minimum Gasteiger partial charge on any atom is -0.366 e. The Hall–Kier alpha value is -0.690. The van der Waals surface area contributed by atoms with Gasteiger partial charge in [0.1, 0.15) is 6.10 Å². The molecule has 1 N–H and O–H groups in total. The second kappa shape index (κ2) is 7.79. The molecule has 1 aliphatic rings. The molecule has 0 amide bonds. The molecule has 2 atom stereocenters. The summed E-state index contributed by atoms with van der Waals surface area (Å²) in [4.78, 5) is 6.75. The maximum absolute atomic E-state index is 5.69. The summed E-state index contributed by atoms with van der Waals surface area (Å²) in [5, 5.41) is 7.16. The lowest BCUT2D eigenvalue weighted by atomic mass is 10.2. The molecule has 6 nitrogen and oxygen atoms in total. The Bertz CT molecular complexity index is 374. The summed E-state index contributed by atoms with van der Waals surface area (Å²) < 4.78 is 11.0. The number of aromatic nitrogens is 2. The SMILES string of the molecule is CCN1CCOC(c2nc(CC(C)NC)no2)C1.Cl. The van der Waals surface area contributed by atoms with E-state index in [2.05, 4.69) is 34.2 Å². The van der Waals surface area contributed by atoms with E-state index in [1.54, 1.807) is 0 Å². The second-order valence-corrected chi connectivity index (χ2v) is 4.70. The van der Waals surface area contributed by atoms with Crippen LogP contribution in [-0.2, 0) is 11.2 Å². The number of hydrogen-bond donors (Lipinski definition) is 1. The number of nitrogens with one attached hydrogen (secondary N) is 1. The van der Waals surface area contributed by atoms with E-state index in [4.69, 9.17) is 9.26 Å². The number of nitrogens with zero attached hydrogens (tertiary/aromatic N) is 3. The zero-order valence-electron chi connectivity index (χ0n) is 11.8. The lowest BCUT2D eigenvalue weighted by molar-refractivity contribution is -0.0431. The van der Waals surface area contributed by atoms with Crippen LogP contribution >= 0.6 is 12.4 Å². The number of hydrogen-bond acceptors (Lipinski definition) is 6. The molecular formula is C12H23ClN4O2. The van der Waals surface area contributed by atoms with Gasteiger partial charge in [-0.25, -0.2) is 0 Å². The second-order valence-electron chi connectivity index (χ2n) is 4.70. The lowest BCUT2D eigenvalue weighted by Crippen LogP contribution is -2.38. The van der Waals surface area contributed by atoms with Crippen LogP contribution in [-0.4, -0.2) is 54.4 Å². The van der Waals surface area contributed by atoms with E-state index >= 15 is 0 Å². The molecule has 0 aliphatic carbocycles. The van der Waals surface area contributed by atoms with Gasteiger partial charge in [-0.2, -0.15) is 4.98 Å². The molecule has 2 heterocycles. The number of rotatable bonds is 5. The molecule has 1 fully saturated rings. The molecule has 2 rings (SSSR count). The molecule has 1 aliphatic heterocycles. The van der Waals surface area contributed by atoms with Crippen molar-refractivity contribution in [1.29, 1.82) is 0 Å². The van der Waals surface area contributed by atoms with Crippen LogP contribution in [0.4, 0.5) is 0 Å². The van der Waals surface area contributed by atoms with Crippen molar-refractivity contribution in [3.63, 3.8) is 0 Å². The van der Waals surface area contributed by atoms with Crippen LogP contribution in [0, 0.1) is 0 Å². The summed E-state index contributed by atoms with van der Waals surface area (Å²) in [6.07, 6.45) is 0.689. The quantitative estimate of drug-likeness (QED) is 0.874. The van der Waals surface area contributed by atoms with Crippen molar-refractivity contribution >= 4 is 12.4 Å². The number of morpholine rings is 1. The topological polar surface area (TPSA) is 63.4 Å². The third kappa shape index (κ3) is 4.42. The third-order valence-electron chi connectivity index (χ3n) is 3.34. The highest BCUT2D eigenvalue weighted by molar-refractivity contribution is 5.85. The number of likely N-dealkylation sites (N-methyl/N-ethyl adjacent to an activating group) is 2. The summed E-state index contributed by atoms with van der Waals surface area (Å²) in [6, 6.07) is 0.342. The van der Waals surface area contributed by atoms with E-state index in [-0.39, 0.29) is 18.5 Å². The Morgan fingerprint density at radius 2 is 2.32 bits per heavy atom. The summed E-state index contributed by atoms with van der Waals surface area (Å²) in [6.45, 7) is 7.80. The molecule has 19 heavy (non-hydrogen) atoms. The summed E-state index contributed by atoms with van der Waals surface area (Å²) in [5.41, 5.74) is 0. The van der Waals surface area contributed by atoms with Crippen LogP contribution in [0.15, 0.2) is 4.52 Å². The van der Waals surface area contributed by atoms with E-state index in [1.807, 2.05) is 7.05 Å². The Morgan fingerprint density at radius 3 is 3.00 bits per heavy atom. The predicted molar refractivity (Wildman–Crippen MR) is 74.6 cm³/mol. The van der Waals surface area contributed by atoms with Crippen molar-refractivity contribution in [1.82, 2.24) is 20.4 Å². The minimum atomic E-state index is -0.0789. The average molecular weight is 291 g/mol. The van der Waals surface area contributed by atoms with E-state index in [0.717, 1.165) is 38.5 Å². The summed E-state index contributed by atoms with van der Waals surface area (Å²) in [5.74, 6) is 1.34. The maximum Gasteiger partial charge on any atom is 0.257 e. The molecule has 0 bridgehead atoms. The molecule has 0 radical (unpaired) electrons. The molecule has 1 aromatic rings. The fourth-order valence-corrected chi connectivity index (χ4v) is 2.00. The van der Waals surface area contributed by atoms with Crippen LogP contribution in [0.3, 0.4) is 0 Å². The fraction of sp³-hybridized carbons (Fsp3) is 0.833. The predicted octanol–water partition coefficient (Wildman–Crippen LogP) is 1.03. The largest absolute Gasteiger partial charge is 0.366 e. The highest BCUT2D eigenvalue weighted by Crippen LogP contribution is 2.20. The Labute approximate surface area is 120 Å². The van der Waals surface area contributed by atoms with Gasteiger partial charge in [0.15, 0.2) is 5.82 Å². The molecule has 1 saturated heterocycles. The van der Waals surface area contributed by atoms with Crippen molar-refractivity contribution in [2.75, 3.05) is 33.3 Å². The van der Waals surface area contributed by atoms with Crippen molar-refractivity contribution < 1.29 is 9.26 Å². The van der Waals surface area contributed by atoms with Crippen molar-refractivity contribution in [2.24, 2.45) is 0 Å². The van der Waals surface area contributed by atoms with Crippen LogP contribution in [0.25, 0.3) is 0 Å². The zero-order chi connectivity index (χ0) is 13.0. The van der Waals surface area contributed by atoms with Crippen LogP contribution in [0.1, 0.15) is 31.7 Å². The van der Waals surface area contributed by atoms with Gasteiger partial charge >= 0.3 is 0 Å². The minimum absolute atomic E-state index is 0. The van der Waals surface area contributed by atoms with Crippen molar-refractivity contribution in [3.8, 4) is 0 Å². The molecule has 7 heteroatoms. The fourth-order valence-electron chi connectivity index (χ4n) is 2.00. The van der Waals surface area contributed by atoms with E-state index in [0.29, 0.717) is 11.9 Å².